The lowest BCUT2D eigenvalue weighted by Crippen LogP contribution is -2.28. The number of hydrogen-bond donors (Lipinski definition) is 0. The highest BCUT2D eigenvalue weighted by Crippen LogP contribution is 2.44. The van der Waals surface area contributed by atoms with Crippen molar-refractivity contribution >= 4 is 5.91 Å². The van der Waals surface area contributed by atoms with E-state index in [4.69, 9.17) is 0 Å². The summed E-state index contributed by atoms with van der Waals surface area (Å²) in [5, 5.41) is 0. The number of amides is 1. The van der Waals surface area contributed by atoms with E-state index in [2.05, 4.69) is 37.8 Å². The van der Waals surface area contributed by atoms with Crippen LogP contribution in [0.15, 0.2) is 36.4 Å². The van der Waals surface area contributed by atoms with Gasteiger partial charge >= 0.3 is 0 Å². The van der Waals surface area contributed by atoms with E-state index in [-0.39, 0.29) is 5.91 Å². The quantitative estimate of drug-likeness (QED) is 0.171. The van der Waals surface area contributed by atoms with Crippen molar-refractivity contribution in [2.45, 2.75) is 135 Å². The van der Waals surface area contributed by atoms with Crippen LogP contribution in [0.3, 0.4) is 0 Å². The highest BCUT2D eigenvalue weighted by molar-refractivity contribution is 5.91. The lowest BCUT2D eigenvalue weighted by Gasteiger charge is -2.38. The highest BCUT2D eigenvalue weighted by Gasteiger charge is 2.31. The summed E-state index contributed by atoms with van der Waals surface area (Å²) in [6, 6.07) is 9.43. The Morgan fingerprint density at radius 1 is 0.811 bits per heavy atom. The van der Waals surface area contributed by atoms with Crippen LogP contribution in [-0.4, -0.2) is 24.4 Å². The fraction of sp³-hybridized carbons (Fsp3) is 0.743. The molecular weight excluding hydrogens is 450 g/mol. The summed E-state index contributed by atoms with van der Waals surface area (Å²) in [5.74, 6) is 3.87. The van der Waals surface area contributed by atoms with Crippen molar-refractivity contribution in [2.24, 2.45) is 17.8 Å². The molecule has 2 saturated carbocycles. The van der Waals surface area contributed by atoms with E-state index >= 15 is 0 Å². The molecule has 1 aromatic rings. The van der Waals surface area contributed by atoms with Gasteiger partial charge in [-0.3, -0.25) is 4.79 Å². The van der Waals surface area contributed by atoms with Crippen LogP contribution in [0.2, 0.25) is 0 Å². The van der Waals surface area contributed by atoms with E-state index in [1.807, 2.05) is 7.05 Å². The average molecular weight is 508 g/mol. The SMILES string of the molecule is C=C(C)C(=O)N(C)CCCc1ccc(C2CCC(C3CCC(CCCCCCCCC)CC3)CC2)cc1. The minimum Gasteiger partial charge on any atom is -0.342 e. The van der Waals surface area contributed by atoms with Gasteiger partial charge in [0, 0.05) is 19.2 Å². The zero-order chi connectivity index (χ0) is 26.5. The molecular formula is C35H57NO. The van der Waals surface area contributed by atoms with E-state index in [0.29, 0.717) is 5.57 Å². The molecule has 0 spiro atoms. The predicted molar refractivity (Wildman–Crippen MR) is 160 cm³/mol. The summed E-state index contributed by atoms with van der Waals surface area (Å²) in [4.78, 5) is 13.7. The Balaban J connectivity index is 1.29. The third kappa shape index (κ3) is 10.3. The van der Waals surface area contributed by atoms with Gasteiger partial charge in [-0.25, -0.2) is 0 Å². The van der Waals surface area contributed by atoms with Gasteiger partial charge in [-0.1, -0.05) is 102 Å². The van der Waals surface area contributed by atoms with Crippen LogP contribution >= 0.6 is 0 Å². The van der Waals surface area contributed by atoms with Gasteiger partial charge in [-0.2, -0.15) is 0 Å². The van der Waals surface area contributed by atoms with Gasteiger partial charge in [-0.05, 0) is 93.1 Å². The Kier molecular flexibility index (Phi) is 13.3. The molecule has 2 heteroatoms. The standard InChI is InChI=1S/C35H57NO/c1-5-6-7-8-9-10-11-13-29-15-19-31(20-16-29)33-23-25-34(26-24-33)32-21-17-30(18-22-32)14-12-27-36(4)35(37)28(2)3/h17-18,21-22,29,31,33-34H,2,5-16,19-20,23-27H2,1,3-4H3. The number of rotatable bonds is 15. The van der Waals surface area contributed by atoms with Crippen molar-refractivity contribution in [2.75, 3.05) is 13.6 Å². The first kappa shape index (κ1) is 30.0. The number of aryl methyl sites for hydroxylation is 1. The Morgan fingerprint density at radius 3 is 1.97 bits per heavy atom. The number of carbonyl (C=O) groups is 1. The molecule has 0 bridgehead atoms. The summed E-state index contributed by atoms with van der Waals surface area (Å²) in [6.07, 6.45) is 25.4. The summed E-state index contributed by atoms with van der Waals surface area (Å²) < 4.78 is 0. The van der Waals surface area contributed by atoms with E-state index in [9.17, 15) is 4.79 Å². The van der Waals surface area contributed by atoms with Crippen LogP contribution < -0.4 is 0 Å². The molecule has 1 aromatic carbocycles. The lowest BCUT2D eigenvalue weighted by atomic mass is 9.68. The van der Waals surface area contributed by atoms with Crippen molar-refractivity contribution < 1.29 is 4.79 Å². The predicted octanol–water partition coefficient (Wildman–Crippen LogP) is 9.87. The topological polar surface area (TPSA) is 20.3 Å². The molecule has 2 aliphatic carbocycles. The maximum Gasteiger partial charge on any atom is 0.248 e. The van der Waals surface area contributed by atoms with Crippen LogP contribution in [0.1, 0.15) is 140 Å². The number of hydrogen-bond acceptors (Lipinski definition) is 1. The molecule has 0 saturated heterocycles. The third-order valence-electron chi connectivity index (χ3n) is 9.67. The highest BCUT2D eigenvalue weighted by atomic mass is 16.2. The maximum atomic E-state index is 12.0. The molecule has 0 unspecified atom stereocenters. The smallest absolute Gasteiger partial charge is 0.248 e. The van der Waals surface area contributed by atoms with Crippen molar-refractivity contribution in [3.8, 4) is 0 Å². The molecule has 37 heavy (non-hydrogen) atoms. The first-order chi connectivity index (χ1) is 18.0. The van der Waals surface area contributed by atoms with Gasteiger partial charge in [0.25, 0.3) is 0 Å². The number of carbonyl (C=O) groups excluding carboxylic acids is 1. The fourth-order valence-corrected chi connectivity index (χ4v) is 7.17. The number of likely N-dealkylation sites (N-methyl/N-ethyl adjacent to an activating group) is 1. The van der Waals surface area contributed by atoms with Gasteiger partial charge < -0.3 is 4.90 Å². The summed E-state index contributed by atoms with van der Waals surface area (Å²) in [6.45, 7) is 8.64. The molecule has 0 atom stereocenters. The number of nitrogens with zero attached hydrogens (tertiary/aromatic N) is 1. The Bertz CT molecular complexity index is 780. The molecule has 0 N–H and O–H groups in total. The van der Waals surface area contributed by atoms with Crippen LogP contribution in [0.25, 0.3) is 0 Å². The third-order valence-corrected chi connectivity index (χ3v) is 9.67. The minimum absolute atomic E-state index is 0.0579. The van der Waals surface area contributed by atoms with Crippen LogP contribution in [0, 0.1) is 17.8 Å². The maximum absolute atomic E-state index is 12.0. The monoisotopic (exact) mass is 507 g/mol. The van der Waals surface area contributed by atoms with Crippen LogP contribution in [0.5, 0.6) is 0 Å². The van der Waals surface area contributed by atoms with Gasteiger partial charge in [0.1, 0.15) is 0 Å². The minimum atomic E-state index is 0.0579. The van der Waals surface area contributed by atoms with Crippen molar-refractivity contribution in [1.29, 1.82) is 0 Å². The normalized spacial score (nSPS) is 24.1. The molecule has 0 aromatic heterocycles. The first-order valence-electron chi connectivity index (χ1n) is 16.0. The Morgan fingerprint density at radius 2 is 1.38 bits per heavy atom. The Labute approximate surface area is 229 Å². The van der Waals surface area contributed by atoms with Crippen molar-refractivity contribution in [3.63, 3.8) is 0 Å². The van der Waals surface area contributed by atoms with Crippen LogP contribution in [0.4, 0.5) is 0 Å². The van der Waals surface area contributed by atoms with E-state index in [1.54, 1.807) is 17.4 Å². The fourth-order valence-electron chi connectivity index (χ4n) is 7.17. The van der Waals surface area contributed by atoms with Gasteiger partial charge in [0.2, 0.25) is 5.91 Å². The second-order valence-corrected chi connectivity index (χ2v) is 12.7. The average Bonchev–Trinajstić information content (AvgIpc) is 2.93. The molecule has 208 valence electrons. The molecule has 1 amide bonds. The lowest BCUT2D eigenvalue weighted by molar-refractivity contribution is -0.125. The Hall–Kier alpha value is -1.57. The molecule has 0 radical (unpaired) electrons. The van der Waals surface area contributed by atoms with E-state index in [0.717, 1.165) is 43.1 Å². The van der Waals surface area contributed by atoms with Crippen LogP contribution in [-0.2, 0) is 11.2 Å². The zero-order valence-corrected chi connectivity index (χ0v) is 24.6. The second kappa shape index (κ2) is 16.4. The second-order valence-electron chi connectivity index (χ2n) is 12.7. The summed E-state index contributed by atoms with van der Waals surface area (Å²) in [5.41, 5.74) is 3.56. The molecule has 2 fully saturated rings. The molecule has 0 heterocycles. The van der Waals surface area contributed by atoms with E-state index in [1.165, 1.54) is 108 Å². The van der Waals surface area contributed by atoms with Gasteiger partial charge in [0.15, 0.2) is 0 Å². The number of benzene rings is 1. The largest absolute Gasteiger partial charge is 0.342 e. The molecule has 3 rings (SSSR count). The molecule has 2 aliphatic rings. The van der Waals surface area contributed by atoms with Crippen molar-refractivity contribution in [1.82, 2.24) is 4.90 Å². The van der Waals surface area contributed by atoms with E-state index < -0.39 is 0 Å². The van der Waals surface area contributed by atoms with Gasteiger partial charge in [-0.15, -0.1) is 0 Å². The number of unbranched alkanes of at least 4 members (excludes halogenated alkanes) is 6. The summed E-state index contributed by atoms with van der Waals surface area (Å²) >= 11 is 0. The molecule has 0 aliphatic heterocycles. The van der Waals surface area contributed by atoms with Crippen molar-refractivity contribution in [3.05, 3.63) is 47.5 Å². The zero-order valence-electron chi connectivity index (χ0n) is 24.6. The summed E-state index contributed by atoms with van der Waals surface area (Å²) in [7, 11) is 1.87. The first-order valence-corrected chi connectivity index (χ1v) is 16.0. The van der Waals surface area contributed by atoms with Gasteiger partial charge in [0.05, 0.1) is 0 Å². The molecule has 2 nitrogen and oxygen atoms in total.